The number of nitrogens with one attached hydrogen (secondary N) is 1. The second-order valence-electron chi connectivity index (χ2n) is 6.49. The number of carbonyl (C=O) groups is 1. The number of rotatable bonds is 6. The molecule has 2 heterocycles. The van der Waals surface area contributed by atoms with E-state index in [9.17, 15) is 4.79 Å². The van der Waals surface area contributed by atoms with Crippen molar-refractivity contribution in [2.24, 2.45) is 0 Å². The maximum absolute atomic E-state index is 12.6. The van der Waals surface area contributed by atoms with Gasteiger partial charge in [0.25, 0.3) is 5.91 Å². The van der Waals surface area contributed by atoms with Crippen LogP contribution in [0.2, 0.25) is 5.02 Å². The van der Waals surface area contributed by atoms with Crippen LogP contribution in [0.5, 0.6) is 17.4 Å². The zero-order valence-electron chi connectivity index (χ0n) is 16.7. The summed E-state index contributed by atoms with van der Waals surface area (Å²) >= 11 is 6.01. The van der Waals surface area contributed by atoms with Gasteiger partial charge in [-0.15, -0.1) is 0 Å². The van der Waals surface area contributed by atoms with Crippen LogP contribution in [0.3, 0.4) is 0 Å². The summed E-state index contributed by atoms with van der Waals surface area (Å²) in [5.41, 5.74) is 0.938. The lowest BCUT2D eigenvalue weighted by Crippen LogP contribution is -2.13. The van der Waals surface area contributed by atoms with Gasteiger partial charge in [0, 0.05) is 29.2 Å². The summed E-state index contributed by atoms with van der Waals surface area (Å²) in [4.78, 5) is 21.3. The van der Waals surface area contributed by atoms with Gasteiger partial charge in [0.2, 0.25) is 5.88 Å². The van der Waals surface area contributed by atoms with Crippen LogP contribution < -0.4 is 14.8 Å². The minimum atomic E-state index is -0.330. The number of anilines is 1. The van der Waals surface area contributed by atoms with Gasteiger partial charge < -0.3 is 14.8 Å². The molecule has 0 radical (unpaired) electrons. The molecule has 0 saturated carbocycles. The minimum Gasteiger partial charge on any atom is -0.496 e. The second kappa shape index (κ2) is 8.85. The van der Waals surface area contributed by atoms with E-state index >= 15 is 0 Å². The fourth-order valence-corrected chi connectivity index (χ4v) is 3.05. The highest BCUT2D eigenvalue weighted by Gasteiger charge is 2.13. The van der Waals surface area contributed by atoms with Gasteiger partial charge in [-0.05, 0) is 55.5 Å². The topological polar surface area (TPSA) is 91.2 Å². The Morgan fingerprint density at radius 2 is 1.90 bits per heavy atom. The Hall–Kier alpha value is -3.91. The predicted molar refractivity (Wildman–Crippen MR) is 116 cm³/mol. The first-order chi connectivity index (χ1) is 15.0. The average Bonchev–Trinajstić information content (AvgIpc) is 3.30. The molecule has 0 saturated heterocycles. The summed E-state index contributed by atoms with van der Waals surface area (Å²) in [6.07, 6.45) is 3.46. The van der Waals surface area contributed by atoms with Crippen molar-refractivity contribution < 1.29 is 14.3 Å². The number of halogens is 1. The lowest BCUT2D eigenvalue weighted by molar-refractivity contribution is 0.102. The van der Waals surface area contributed by atoms with E-state index in [4.69, 9.17) is 21.1 Å². The largest absolute Gasteiger partial charge is 0.496 e. The molecule has 0 atom stereocenters. The number of aromatic nitrogens is 4. The normalized spacial score (nSPS) is 10.5. The van der Waals surface area contributed by atoms with Crippen molar-refractivity contribution in [2.75, 3.05) is 12.4 Å². The molecule has 4 rings (SSSR count). The highest BCUT2D eigenvalue weighted by Crippen LogP contribution is 2.26. The maximum Gasteiger partial charge on any atom is 0.259 e. The van der Waals surface area contributed by atoms with Crippen LogP contribution in [0.15, 0.2) is 67.0 Å². The molecule has 0 aliphatic rings. The Morgan fingerprint density at radius 3 is 2.61 bits per heavy atom. The molecule has 0 spiro atoms. The third kappa shape index (κ3) is 4.81. The first kappa shape index (κ1) is 20.4. The molecule has 2 aromatic carbocycles. The van der Waals surface area contributed by atoms with Gasteiger partial charge in [-0.1, -0.05) is 11.6 Å². The first-order valence-electron chi connectivity index (χ1n) is 9.30. The summed E-state index contributed by atoms with van der Waals surface area (Å²) in [5, 5.41) is 7.44. The number of benzene rings is 2. The van der Waals surface area contributed by atoms with E-state index in [1.807, 2.05) is 6.07 Å². The summed E-state index contributed by atoms with van der Waals surface area (Å²) < 4.78 is 12.7. The monoisotopic (exact) mass is 435 g/mol. The molecule has 2 aromatic heterocycles. The van der Waals surface area contributed by atoms with E-state index in [0.29, 0.717) is 45.3 Å². The lowest BCUT2D eigenvalue weighted by Gasteiger charge is -2.11. The fraction of sp³-hybridized carbons (Fsp3) is 0.0909. The van der Waals surface area contributed by atoms with Crippen LogP contribution in [0.25, 0.3) is 5.82 Å². The van der Waals surface area contributed by atoms with Gasteiger partial charge in [-0.2, -0.15) is 10.1 Å². The fourth-order valence-electron chi connectivity index (χ4n) is 2.88. The molecular weight excluding hydrogens is 418 g/mol. The summed E-state index contributed by atoms with van der Waals surface area (Å²) in [7, 11) is 1.50. The van der Waals surface area contributed by atoms with E-state index in [1.54, 1.807) is 72.5 Å². The molecule has 156 valence electrons. The Bertz CT molecular complexity index is 1210. The van der Waals surface area contributed by atoms with Crippen molar-refractivity contribution in [1.82, 2.24) is 19.7 Å². The first-order valence-corrected chi connectivity index (χ1v) is 9.68. The van der Waals surface area contributed by atoms with Crippen molar-refractivity contribution in [3.63, 3.8) is 0 Å². The van der Waals surface area contributed by atoms with Crippen molar-refractivity contribution in [3.05, 3.63) is 83.4 Å². The number of hydrogen-bond donors (Lipinski definition) is 1. The highest BCUT2D eigenvalue weighted by atomic mass is 35.5. The third-order valence-corrected chi connectivity index (χ3v) is 4.52. The molecule has 1 N–H and O–H groups in total. The number of hydrogen-bond acceptors (Lipinski definition) is 6. The average molecular weight is 436 g/mol. The standard InChI is InChI=1S/C22H18ClN5O3/c1-14-25-20(28-11-3-10-24-28)13-21(26-14)31-17-7-5-16(6-8-17)27-22(29)18-12-15(23)4-9-19(18)30-2/h3-13H,1-2H3,(H,27,29). The van der Waals surface area contributed by atoms with Crippen molar-refractivity contribution in [2.45, 2.75) is 6.92 Å². The number of methoxy groups -OCH3 is 1. The Kier molecular flexibility index (Phi) is 5.81. The number of nitrogens with zero attached hydrogens (tertiary/aromatic N) is 4. The molecule has 4 aromatic rings. The summed E-state index contributed by atoms with van der Waals surface area (Å²) in [6.45, 7) is 1.78. The van der Waals surface area contributed by atoms with Gasteiger partial charge in [0.1, 0.15) is 17.3 Å². The van der Waals surface area contributed by atoms with Gasteiger partial charge in [0.15, 0.2) is 5.82 Å². The molecular formula is C22H18ClN5O3. The number of amides is 1. The predicted octanol–water partition coefficient (Wildman–Crippen LogP) is 4.68. The van der Waals surface area contributed by atoms with Crippen molar-refractivity contribution >= 4 is 23.2 Å². The van der Waals surface area contributed by atoms with Crippen LogP contribution >= 0.6 is 11.6 Å². The Morgan fingerprint density at radius 1 is 1.10 bits per heavy atom. The van der Waals surface area contributed by atoms with Crippen LogP contribution in [-0.2, 0) is 0 Å². The molecule has 0 fully saturated rings. The molecule has 0 unspecified atom stereocenters. The smallest absolute Gasteiger partial charge is 0.259 e. The van der Waals surface area contributed by atoms with E-state index in [2.05, 4.69) is 20.4 Å². The van der Waals surface area contributed by atoms with Gasteiger partial charge in [-0.3, -0.25) is 4.79 Å². The molecule has 0 aliphatic carbocycles. The number of ether oxygens (including phenoxy) is 2. The quantitative estimate of drug-likeness (QED) is 0.473. The van der Waals surface area contributed by atoms with E-state index in [1.165, 1.54) is 7.11 Å². The van der Waals surface area contributed by atoms with E-state index in [0.717, 1.165) is 0 Å². The zero-order valence-corrected chi connectivity index (χ0v) is 17.5. The Balaban J connectivity index is 1.48. The highest BCUT2D eigenvalue weighted by molar-refractivity contribution is 6.31. The summed E-state index contributed by atoms with van der Waals surface area (Å²) in [6, 6.07) is 15.3. The van der Waals surface area contributed by atoms with Crippen LogP contribution in [0, 0.1) is 6.92 Å². The second-order valence-corrected chi connectivity index (χ2v) is 6.92. The van der Waals surface area contributed by atoms with Gasteiger partial charge in [0.05, 0.1) is 12.7 Å². The van der Waals surface area contributed by atoms with Crippen LogP contribution in [0.1, 0.15) is 16.2 Å². The molecule has 0 aliphatic heterocycles. The Labute approximate surface area is 183 Å². The van der Waals surface area contributed by atoms with E-state index < -0.39 is 0 Å². The minimum absolute atomic E-state index is 0.330. The zero-order chi connectivity index (χ0) is 21.8. The number of carbonyl (C=O) groups excluding carboxylic acids is 1. The maximum atomic E-state index is 12.6. The number of aryl methyl sites for hydroxylation is 1. The third-order valence-electron chi connectivity index (χ3n) is 4.28. The van der Waals surface area contributed by atoms with Crippen molar-refractivity contribution in [3.8, 4) is 23.2 Å². The molecule has 0 bridgehead atoms. The van der Waals surface area contributed by atoms with Gasteiger partial charge >= 0.3 is 0 Å². The van der Waals surface area contributed by atoms with Gasteiger partial charge in [-0.25, -0.2) is 9.67 Å². The van der Waals surface area contributed by atoms with Crippen LogP contribution in [0.4, 0.5) is 5.69 Å². The van der Waals surface area contributed by atoms with E-state index in [-0.39, 0.29) is 5.91 Å². The molecule has 8 nitrogen and oxygen atoms in total. The van der Waals surface area contributed by atoms with Crippen molar-refractivity contribution in [1.29, 1.82) is 0 Å². The molecule has 1 amide bonds. The van der Waals surface area contributed by atoms with Crippen LogP contribution in [-0.4, -0.2) is 32.8 Å². The lowest BCUT2D eigenvalue weighted by atomic mass is 10.2. The molecule has 9 heteroatoms. The molecule has 31 heavy (non-hydrogen) atoms. The summed E-state index contributed by atoms with van der Waals surface area (Å²) in [5.74, 6) is 2.22. The SMILES string of the molecule is COc1ccc(Cl)cc1C(=O)Nc1ccc(Oc2cc(-n3cccn3)nc(C)n2)cc1.